The highest BCUT2D eigenvalue weighted by Gasteiger charge is 2.12. The summed E-state index contributed by atoms with van der Waals surface area (Å²) < 4.78 is 5.68. The molecule has 0 aromatic heterocycles. The van der Waals surface area contributed by atoms with Crippen molar-refractivity contribution in [2.75, 3.05) is 19.7 Å². The lowest BCUT2D eigenvalue weighted by atomic mass is 9.95. The van der Waals surface area contributed by atoms with Crippen LogP contribution in [0.1, 0.15) is 19.3 Å². The van der Waals surface area contributed by atoms with E-state index >= 15 is 0 Å². The molecule has 96 valence electrons. The normalized spacial score (nSPS) is 16.3. The van der Waals surface area contributed by atoms with E-state index in [1.165, 1.54) is 12.8 Å². The first kappa shape index (κ1) is 14.6. The fourth-order valence-corrected chi connectivity index (χ4v) is 2.17. The molecule has 1 aromatic rings. The predicted octanol–water partition coefficient (Wildman–Crippen LogP) is 3.53. The van der Waals surface area contributed by atoms with Gasteiger partial charge in [0.05, 0.1) is 6.61 Å². The minimum atomic E-state index is 0. The summed E-state index contributed by atoms with van der Waals surface area (Å²) in [5.74, 6) is 1.74. The maximum atomic E-state index is 5.80. The zero-order valence-corrected chi connectivity index (χ0v) is 11.4. The summed E-state index contributed by atoms with van der Waals surface area (Å²) in [5, 5.41) is 4.13. The van der Waals surface area contributed by atoms with Crippen LogP contribution in [0.25, 0.3) is 0 Å². The molecule has 0 aliphatic carbocycles. The van der Waals surface area contributed by atoms with Crippen molar-refractivity contribution >= 4 is 24.0 Å². The molecule has 1 aliphatic rings. The van der Waals surface area contributed by atoms with Gasteiger partial charge in [-0.15, -0.1) is 12.4 Å². The second-order valence-electron chi connectivity index (χ2n) is 4.28. The number of rotatable bonds is 4. The number of piperidine rings is 1. The first-order chi connectivity index (χ1) is 7.84. The number of benzene rings is 1. The largest absolute Gasteiger partial charge is 0.494 e. The summed E-state index contributed by atoms with van der Waals surface area (Å²) in [5.41, 5.74) is 0. The number of hydrogen-bond acceptors (Lipinski definition) is 2. The van der Waals surface area contributed by atoms with E-state index in [0.717, 1.165) is 42.8 Å². The topological polar surface area (TPSA) is 21.3 Å². The Labute approximate surface area is 114 Å². The van der Waals surface area contributed by atoms with E-state index in [4.69, 9.17) is 16.3 Å². The van der Waals surface area contributed by atoms with Crippen molar-refractivity contribution < 1.29 is 4.74 Å². The Morgan fingerprint density at radius 3 is 2.47 bits per heavy atom. The fourth-order valence-electron chi connectivity index (χ4n) is 2.04. The lowest BCUT2D eigenvalue weighted by molar-refractivity contribution is 0.252. The second-order valence-corrected chi connectivity index (χ2v) is 4.72. The van der Waals surface area contributed by atoms with Crippen molar-refractivity contribution in [2.45, 2.75) is 19.3 Å². The van der Waals surface area contributed by atoms with Crippen LogP contribution in [0.3, 0.4) is 0 Å². The van der Waals surface area contributed by atoms with E-state index in [-0.39, 0.29) is 12.4 Å². The van der Waals surface area contributed by atoms with E-state index in [0.29, 0.717) is 0 Å². The van der Waals surface area contributed by atoms with Crippen molar-refractivity contribution in [2.24, 2.45) is 5.92 Å². The molecule has 0 spiro atoms. The summed E-state index contributed by atoms with van der Waals surface area (Å²) in [6, 6.07) is 7.57. The Morgan fingerprint density at radius 2 is 1.82 bits per heavy atom. The van der Waals surface area contributed by atoms with Gasteiger partial charge in [-0.25, -0.2) is 0 Å². The summed E-state index contributed by atoms with van der Waals surface area (Å²) in [4.78, 5) is 0. The van der Waals surface area contributed by atoms with E-state index in [1.54, 1.807) is 0 Å². The van der Waals surface area contributed by atoms with Crippen LogP contribution in [0.5, 0.6) is 5.75 Å². The van der Waals surface area contributed by atoms with Crippen LogP contribution >= 0.6 is 24.0 Å². The highest BCUT2D eigenvalue weighted by molar-refractivity contribution is 6.30. The number of halogens is 2. The van der Waals surface area contributed by atoms with Crippen LogP contribution in [-0.4, -0.2) is 19.7 Å². The van der Waals surface area contributed by atoms with Crippen LogP contribution in [0.4, 0.5) is 0 Å². The van der Waals surface area contributed by atoms with Crippen LogP contribution in [0, 0.1) is 5.92 Å². The molecular formula is C13H19Cl2NO. The third-order valence-electron chi connectivity index (χ3n) is 3.07. The molecule has 4 heteroatoms. The third-order valence-corrected chi connectivity index (χ3v) is 3.32. The lowest BCUT2D eigenvalue weighted by Crippen LogP contribution is -2.28. The van der Waals surface area contributed by atoms with Gasteiger partial charge in [-0.2, -0.15) is 0 Å². The molecule has 0 saturated carbocycles. The van der Waals surface area contributed by atoms with Crippen molar-refractivity contribution in [3.63, 3.8) is 0 Å². The molecule has 0 bridgehead atoms. The molecule has 1 N–H and O–H groups in total. The second kappa shape index (κ2) is 7.80. The summed E-state index contributed by atoms with van der Waals surface area (Å²) in [6.07, 6.45) is 3.72. The van der Waals surface area contributed by atoms with Crippen molar-refractivity contribution in [1.29, 1.82) is 0 Å². The average Bonchev–Trinajstić information content (AvgIpc) is 2.33. The van der Waals surface area contributed by atoms with E-state index in [9.17, 15) is 0 Å². The number of ether oxygens (including phenoxy) is 1. The van der Waals surface area contributed by atoms with Gasteiger partial charge in [0.15, 0.2) is 0 Å². The van der Waals surface area contributed by atoms with Crippen molar-refractivity contribution in [1.82, 2.24) is 5.32 Å². The molecule has 0 radical (unpaired) electrons. The Kier molecular flexibility index (Phi) is 6.71. The zero-order valence-electron chi connectivity index (χ0n) is 9.82. The molecule has 1 fully saturated rings. The Bertz CT molecular complexity index is 310. The van der Waals surface area contributed by atoms with Crippen LogP contribution in [-0.2, 0) is 0 Å². The molecule has 1 heterocycles. The zero-order chi connectivity index (χ0) is 11.2. The van der Waals surface area contributed by atoms with Gasteiger partial charge in [0.1, 0.15) is 5.75 Å². The fraction of sp³-hybridized carbons (Fsp3) is 0.538. The molecule has 0 unspecified atom stereocenters. The smallest absolute Gasteiger partial charge is 0.119 e. The molecule has 17 heavy (non-hydrogen) atoms. The molecular weight excluding hydrogens is 257 g/mol. The summed E-state index contributed by atoms with van der Waals surface area (Å²) in [7, 11) is 0. The number of hydrogen-bond donors (Lipinski definition) is 1. The summed E-state index contributed by atoms with van der Waals surface area (Å²) >= 11 is 5.80. The quantitative estimate of drug-likeness (QED) is 0.908. The Balaban J connectivity index is 0.00000144. The monoisotopic (exact) mass is 275 g/mol. The minimum Gasteiger partial charge on any atom is -0.494 e. The third kappa shape index (κ3) is 5.15. The lowest BCUT2D eigenvalue weighted by Gasteiger charge is -2.22. The first-order valence-electron chi connectivity index (χ1n) is 5.94. The molecule has 1 aliphatic heterocycles. The van der Waals surface area contributed by atoms with E-state index in [1.807, 2.05) is 24.3 Å². The van der Waals surface area contributed by atoms with Crippen LogP contribution < -0.4 is 10.1 Å². The average molecular weight is 276 g/mol. The number of nitrogens with one attached hydrogen (secondary N) is 1. The Hall–Kier alpha value is -0.440. The molecule has 2 nitrogen and oxygen atoms in total. The van der Waals surface area contributed by atoms with Crippen molar-refractivity contribution in [3.8, 4) is 5.75 Å². The SMILES string of the molecule is Cl.Clc1ccc(OCCC2CCNCC2)cc1. The van der Waals surface area contributed by atoms with Gasteiger partial charge in [-0.05, 0) is 62.5 Å². The highest BCUT2D eigenvalue weighted by Crippen LogP contribution is 2.18. The van der Waals surface area contributed by atoms with Gasteiger partial charge < -0.3 is 10.1 Å². The highest BCUT2D eigenvalue weighted by atomic mass is 35.5. The van der Waals surface area contributed by atoms with E-state index < -0.39 is 0 Å². The van der Waals surface area contributed by atoms with Gasteiger partial charge >= 0.3 is 0 Å². The first-order valence-corrected chi connectivity index (χ1v) is 6.31. The molecule has 2 rings (SSSR count). The van der Waals surface area contributed by atoms with Crippen LogP contribution in [0.2, 0.25) is 5.02 Å². The van der Waals surface area contributed by atoms with Crippen LogP contribution in [0.15, 0.2) is 24.3 Å². The van der Waals surface area contributed by atoms with Gasteiger partial charge in [0.25, 0.3) is 0 Å². The predicted molar refractivity (Wildman–Crippen MR) is 74.4 cm³/mol. The standard InChI is InChI=1S/C13H18ClNO.ClH/c14-12-1-3-13(4-2-12)16-10-7-11-5-8-15-9-6-11;/h1-4,11,15H,5-10H2;1H. The Morgan fingerprint density at radius 1 is 1.18 bits per heavy atom. The molecule has 0 amide bonds. The molecule has 1 aromatic carbocycles. The van der Waals surface area contributed by atoms with Gasteiger partial charge in [0.2, 0.25) is 0 Å². The molecule has 1 saturated heterocycles. The maximum Gasteiger partial charge on any atom is 0.119 e. The maximum absolute atomic E-state index is 5.80. The van der Waals surface area contributed by atoms with Gasteiger partial charge in [-0.3, -0.25) is 0 Å². The minimum absolute atomic E-state index is 0. The van der Waals surface area contributed by atoms with Crippen molar-refractivity contribution in [3.05, 3.63) is 29.3 Å². The van der Waals surface area contributed by atoms with Gasteiger partial charge in [0, 0.05) is 5.02 Å². The van der Waals surface area contributed by atoms with E-state index in [2.05, 4.69) is 5.32 Å². The van der Waals surface area contributed by atoms with Gasteiger partial charge in [-0.1, -0.05) is 11.6 Å². The molecule has 0 atom stereocenters. The summed E-state index contributed by atoms with van der Waals surface area (Å²) in [6.45, 7) is 3.13.